The Bertz CT molecular complexity index is 754. The van der Waals surface area contributed by atoms with Gasteiger partial charge in [-0.25, -0.2) is 9.59 Å². The Hall–Kier alpha value is -2.86. The van der Waals surface area contributed by atoms with E-state index in [0.29, 0.717) is 24.2 Å². The average Bonchev–Trinajstić information content (AvgIpc) is 2.69. The van der Waals surface area contributed by atoms with Crippen molar-refractivity contribution in [3.8, 4) is 5.75 Å². The summed E-state index contributed by atoms with van der Waals surface area (Å²) in [5.74, 6) is -0.757. The van der Waals surface area contributed by atoms with E-state index in [4.69, 9.17) is 19.3 Å². The standard InChI is InChI=1S/C20H22O6/c1-24-19(22)15-11-17(20(23)25-2)16(9-6-10-21)18(12-15)26-13-14-7-4-3-5-8-14/h3-5,7-8,11-12,21H,6,9-10,13H2,1-2H3. The Morgan fingerprint density at radius 1 is 1.00 bits per heavy atom. The molecule has 26 heavy (non-hydrogen) atoms. The summed E-state index contributed by atoms with van der Waals surface area (Å²) >= 11 is 0. The lowest BCUT2D eigenvalue weighted by Crippen LogP contribution is -2.12. The van der Waals surface area contributed by atoms with E-state index >= 15 is 0 Å². The number of rotatable bonds is 8. The van der Waals surface area contributed by atoms with Gasteiger partial charge in [0.15, 0.2) is 0 Å². The van der Waals surface area contributed by atoms with Crippen LogP contribution in [0.25, 0.3) is 0 Å². The first-order valence-electron chi connectivity index (χ1n) is 8.21. The quantitative estimate of drug-likeness (QED) is 0.731. The van der Waals surface area contributed by atoms with Crippen LogP contribution in [0, 0.1) is 0 Å². The Morgan fingerprint density at radius 3 is 2.31 bits per heavy atom. The molecule has 0 unspecified atom stereocenters. The molecule has 0 radical (unpaired) electrons. The van der Waals surface area contributed by atoms with Crippen LogP contribution < -0.4 is 4.74 Å². The van der Waals surface area contributed by atoms with Gasteiger partial charge in [0.25, 0.3) is 0 Å². The topological polar surface area (TPSA) is 82.1 Å². The predicted octanol–water partition coefficient (Wildman–Crippen LogP) is 2.76. The highest BCUT2D eigenvalue weighted by Crippen LogP contribution is 2.28. The lowest BCUT2D eigenvalue weighted by molar-refractivity contribution is 0.0597. The number of hydrogen-bond donors (Lipinski definition) is 1. The number of benzene rings is 2. The Kier molecular flexibility index (Phi) is 7.17. The Labute approximate surface area is 152 Å². The van der Waals surface area contributed by atoms with Crippen molar-refractivity contribution in [2.45, 2.75) is 19.4 Å². The molecule has 2 aromatic carbocycles. The van der Waals surface area contributed by atoms with Crippen LogP contribution in [0.15, 0.2) is 42.5 Å². The van der Waals surface area contributed by atoms with Gasteiger partial charge >= 0.3 is 11.9 Å². The van der Waals surface area contributed by atoms with Crippen LogP contribution >= 0.6 is 0 Å². The summed E-state index contributed by atoms with van der Waals surface area (Å²) in [6.07, 6.45) is 0.857. The number of aliphatic hydroxyl groups excluding tert-OH is 1. The van der Waals surface area contributed by atoms with E-state index in [-0.39, 0.29) is 24.3 Å². The molecule has 0 saturated heterocycles. The van der Waals surface area contributed by atoms with E-state index in [2.05, 4.69) is 0 Å². The normalized spacial score (nSPS) is 10.3. The monoisotopic (exact) mass is 358 g/mol. The summed E-state index contributed by atoms with van der Waals surface area (Å²) in [6.45, 7) is 0.246. The van der Waals surface area contributed by atoms with Crippen molar-refractivity contribution in [2.24, 2.45) is 0 Å². The fourth-order valence-corrected chi connectivity index (χ4v) is 2.55. The molecule has 0 spiro atoms. The number of methoxy groups -OCH3 is 2. The molecule has 0 saturated carbocycles. The molecule has 138 valence electrons. The van der Waals surface area contributed by atoms with Crippen LogP contribution in [0.5, 0.6) is 5.75 Å². The zero-order valence-corrected chi connectivity index (χ0v) is 14.9. The third kappa shape index (κ3) is 4.83. The van der Waals surface area contributed by atoms with Crippen molar-refractivity contribution in [1.82, 2.24) is 0 Å². The summed E-state index contributed by atoms with van der Waals surface area (Å²) in [5, 5.41) is 9.16. The first-order valence-corrected chi connectivity index (χ1v) is 8.21. The maximum atomic E-state index is 12.2. The minimum Gasteiger partial charge on any atom is -0.489 e. The van der Waals surface area contributed by atoms with Crippen molar-refractivity contribution in [2.75, 3.05) is 20.8 Å². The second-order valence-corrected chi connectivity index (χ2v) is 5.59. The maximum Gasteiger partial charge on any atom is 0.338 e. The second kappa shape index (κ2) is 9.58. The van der Waals surface area contributed by atoms with E-state index in [9.17, 15) is 9.59 Å². The minimum absolute atomic E-state index is 0.0303. The van der Waals surface area contributed by atoms with Gasteiger partial charge in [-0.05, 0) is 30.5 Å². The highest BCUT2D eigenvalue weighted by Gasteiger charge is 2.21. The van der Waals surface area contributed by atoms with Crippen LogP contribution in [-0.2, 0) is 22.5 Å². The number of hydrogen-bond acceptors (Lipinski definition) is 6. The summed E-state index contributed by atoms with van der Waals surface area (Å²) in [5.41, 5.74) is 1.97. The first-order chi connectivity index (χ1) is 12.6. The Balaban J connectivity index is 2.45. The molecule has 6 heteroatoms. The molecule has 0 aliphatic rings. The summed E-state index contributed by atoms with van der Waals surface area (Å²) < 4.78 is 15.5. The molecule has 1 N–H and O–H groups in total. The van der Waals surface area contributed by atoms with Gasteiger partial charge in [-0.1, -0.05) is 30.3 Å². The molecule has 2 aromatic rings. The van der Waals surface area contributed by atoms with Crippen molar-refractivity contribution in [3.05, 3.63) is 64.7 Å². The summed E-state index contributed by atoms with van der Waals surface area (Å²) in [7, 11) is 2.54. The van der Waals surface area contributed by atoms with E-state index in [1.807, 2.05) is 30.3 Å². The van der Waals surface area contributed by atoms with Gasteiger partial charge in [0.1, 0.15) is 12.4 Å². The number of carbonyl (C=O) groups excluding carboxylic acids is 2. The third-order valence-electron chi connectivity index (χ3n) is 3.86. The average molecular weight is 358 g/mol. The van der Waals surface area contributed by atoms with Crippen LogP contribution in [0.4, 0.5) is 0 Å². The number of ether oxygens (including phenoxy) is 3. The van der Waals surface area contributed by atoms with Crippen LogP contribution in [0.1, 0.15) is 38.3 Å². The molecular formula is C20H22O6. The largest absolute Gasteiger partial charge is 0.489 e. The van der Waals surface area contributed by atoms with Crippen molar-refractivity contribution in [1.29, 1.82) is 0 Å². The third-order valence-corrected chi connectivity index (χ3v) is 3.86. The molecule has 0 heterocycles. The van der Waals surface area contributed by atoms with Gasteiger partial charge in [0, 0.05) is 12.2 Å². The van der Waals surface area contributed by atoms with Crippen molar-refractivity contribution < 1.29 is 28.9 Å². The molecule has 0 aromatic heterocycles. The number of aliphatic hydroxyl groups is 1. The fraction of sp³-hybridized carbons (Fsp3) is 0.300. The van der Waals surface area contributed by atoms with E-state index in [1.165, 1.54) is 20.3 Å². The SMILES string of the molecule is COC(=O)c1cc(OCc2ccccc2)c(CCCO)c(C(=O)OC)c1. The second-order valence-electron chi connectivity index (χ2n) is 5.59. The van der Waals surface area contributed by atoms with E-state index < -0.39 is 11.9 Å². The highest BCUT2D eigenvalue weighted by molar-refractivity contribution is 5.97. The van der Waals surface area contributed by atoms with Gasteiger partial charge < -0.3 is 19.3 Å². The van der Waals surface area contributed by atoms with Gasteiger partial charge in [-0.2, -0.15) is 0 Å². The fourth-order valence-electron chi connectivity index (χ4n) is 2.55. The van der Waals surface area contributed by atoms with Gasteiger partial charge in [0.2, 0.25) is 0 Å². The molecular weight excluding hydrogens is 336 g/mol. The molecule has 0 fully saturated rings. The lowest BCUT2D eigenvalue weighted by Gasteiger charge is -2.16. The zero-order chi connectivity index (χ0) is 18.9. The smallest absolute Gasteiger partial charge is 0.338 e. The Morgan fingerprint density at radius 2 is 1.69 bits per heavy atom. The lowest BCUT2D eigenvalue weighted by atomic mass is 9.98. The molecule has 0 atom stereocenters. The first kappa shape index (κ1) is 19.5. The van der Waals surface area contributed by atoms with Gasteiger partial charge in [-0.3, -0.25) is 0 Å². The van der Waals surface area contributed by atoms with Gasteiger partial charge in [-0.15, -0.1) is 0 Å². The molecule has 6 nitrogen and oxygen atoms in total. The summed E-state index contributed by atoms with van der Waals surface area (Å²) in [6, 6.07) is 12.5. The van der Waals surface area contributed by atoms with Crippen molar-refractivity contribution in [3.63, 3.8) is 0 Å². The van der Waals surface area contributed by atoms with E-state index in [0.717, 1.165) is 5.56 Å². The number of carbonyl (C=O) groups is 2. The van der Waals surface area contributed by atoms with Crippen LogP contribution in [0.2, 0.25) is 0 Å². The van der Waals surface area contributed by atoms with Gasteiger partial charge in [0.05, 0.1) is 25.3 Å². The van der Waals surface area contributed by atoms with E-state index in [1.54, 1.807) is 6.07 Å². The predicted molar refractivity (Wildman–Crippen MR) is 95.3 cm³/mol. The van der Waals surface area contributed by atoms with Crippen LogP contribution in [0.3, 0.4) is 0 Å². The van der Waals surface area contributed by atoms with Crippen LogP contribution in [-0.4, -0.2) is 37.9 Å². The molecule has 0 aliphatic carbocycles. The molecule has 0 amide bonds. The highest BCUT2D eigenvalue weighted by atomic mass is 16.5. The maximum absolute atomic E-state index is 12.2. The minimum atomic E-state index is -0.576. The number of esters is 2. The molecule has 0 aliphatic heterocycles. The van der Waals surface area contributed by atoms with Crippen molar-refractivity contribution >= 4 is 11.9 Å². The summed E-state index contributed by atoms with van der Waals surface area (Å²) in [4.78, 5) is 24.2. The molecule has 0 bridgehead atoms. The molecule has 2 rings (SSSR count). The zero-order valence-electron chi connectivity index (χ0n) is 14.9.